The van der Waals surface area contributed by atoms with Crippen LogP contribution in [-0.2, 0) is 22.6 Å². The van der Waals surface area contributed by atoms with Gasteiger partial charge in [-0.2, -0.15) is 0 Å². The van der Waals surface area contributed by atoms with Gasteiger partial charge in [-0.1, -0.05) is 42.5 Å². The molecule has 0 unspecified atom stereocenters. The molecule has 0 spiro atoms. The van der Waals surface area contributed by atoms with E-state index in [1.807, 2.05) is 36.4 Å². The fourth-order valence-corrected chi connectivity index (χ4v) is 6.46. The first-order chi connectivity index (χ1) is 24.4. The minimum absolute atomic E-state index is 0.216. The summed E-state index contributed by atoms with van der Waals surface area (Å²) < 4.78 is 5.38. The number of hydrogen-bond acceptors (Lipinski definition) is 11. The Balaban J connectivity index is 1.05. The molecule has 13 heteroatoms. The Kier molecular flexibility index (Phi) is 11.3. The van der Waals surface area contributed by atoms with Gasteiger partial charge in [-0.3, -0.25) is 24.7 Å². The first kappa shape index (κ1) is 34.5. The molecule has 2 saturated heterocycles. The molecule has 2 aromatic carbocycles. The summed E-state index contributed by atoms with van der Waals surface area (Å²) in [4.78, 5) is 65.5. The maximum absolute atomic E-state index is 13.1. The van der Waals surface area contributed by atoms with E-state index in [0.29, 0.717) is 57.9 Å². The van der Waals surface area contributed by atoms with E-state index < -0.39 is 11.9 Å². The molecule has 2 fully saturated rings. The molecule has 50 heavy (non-hydrogen) atoms. The number of rotatable bonds is 12. The van der Waals surface area contributed by atoms with Gasteiger partial charge < -0.3 is 20.3 Å². The highest BCUT2D eigenvalue weighted by molar-refractivity contribution is 8.18. The highest BCUT2D eigenvalue weighted by Crippen LogP contribution is 2.27. The van der Waals surface area contributed by atoms with Crippen molar-refractivity contribution in [3.63, 3.8) is 0 Å². The first-order valence-corrected chi connectivity index (χ1v) is 17.3. The Hall–Kier alpha value is -5.40. The molecule has 0 saturated carbocycles. The van der Waals surface area contributed by atoms with E-state index >= 15 is 0 Å². The van der Waals surface area contributed by atoms with Gasteiger partial charge in [-0.15, -0.1) is 0 Å². The maximum Gasteiger partial charge on any atom is 0.340 e. The summed E-state index contributed by atoms with van der Waals surface area (Å²) in [6.07, 6.45) is 6.89. The summed E-state index contributed by atoms with van der Waals surface area (Å²) >= 11 is 0.862. The summed E-state index contributed by atoms with van der Waals surface area (Å²) in [7, 11) is 0. The van der Waals surface area contributed by atoms with Crippen LogP contribution in [0.5, 0.6) is 0 Å². The first-order valence-electron chi connectivity index (χ1n) is 16.5. The molecule has 0 aliphatic carbocycles. The lowest BCUT2D eigenvalue weighted by Gasteiger charge is -2.32. The number of carbonyl (C=O) groups excluding carboxylic acids is 4. The second kappa shape index (κ2) is 16.3. The number of piperidine rings is 1. The molecule has 3 amide bonds. The van der Waals surface area contributed by atoms with Crippen molar-refractivity contribution >= 4 is 46.8 Å². The summed E-state index contributed by atoms with van der Waals surface area (Å²) in [5, 5.41) is 8.33. The molecule has 2 aliphatic heterocycles. The summed E-state index contributed by atoms with van der Waals surface area (Å²) in [5.41, 5.74) is 4.34. The third kappa shape index (κ3) is 8.79. The SMILES string of the molecule is CCOC(=O)c1cc(CNCC2CCN(c3nccc(/C=C4\SC(=O)NC4=O)n3)CC2)cnc1-c1cccc(C(=O)NCc2ccccc2)c1. The fourth-order valence-electron chi connectivity index (χ4n) is 5.79. The zero-order valence-electron chi connectivity index (χ0n) is 27.6. The number of aromatic nitrogens is 3. The van der Waals surface area contributed by atoms with Crippen LogP contribution in [0.4, 0.5) is 10.7 Å². The van der Waals surface area contributed by atoms with E-state index in [1.54, 1.807) is 55.7 Å². The number of thioether (sulfide) groups is 1. The molecule has 6 rings (SSSR count). The van der Waals surface area contributed by atoms with Crippen molar-refractivity contribution in [2.24, 2.45) is 5.92 Å². The van der Waals surface area contributed by atoms with Gasteiger partial charge in [0.2, 0.25) is 5.95 Å². The van der Waals surface area contributed by atoms with Crippen LogP contribution in [0, 0.1) is 5.92 Å². The molecule has 0 atom stereocenters. The van der Waals surface area contributed by atoms with Crippen molar-refractivity contribution in [1.29, 1.82) is 0 Å². The van der Waals surface area contributed by atoms with Crippen LogP contribution < -0.4 is 20.9 Å². The molecule has 4 aromatic rings. The van der Waals surface area contributed by atoms with E-state index in [1.165, 1.54) is 0 Å². The number of pyridine rings is 1. The van der Waals surface area contributed by atoms with Gasteiger partial charge in [0.1, 0.15) is 0 Å². The van der Waals surface area contributed by atoms with E-state index in [9.17, 15) is 19.2 Å². The molecular weight excluding hydrogens is 655 g/mol. The quantitative estimate of drug-likeness (QED) is 0.136. The van der Waals surface area contributed by atoms with E-state index in [4.69, 9.17) is 4.74 Å². The highest BCUT2D eigenvalue weighted by Gasteiger charge is 2.26. The Morgan fingerprint density at radius 3 is 2.58 bits per heavy atom. The van der Waals surface area contributed by atoms with Gasteiger partial charge >= 0.3 is 5.97 Å². The predicted molar refractivity (Wildman–Crippen MR) is 191 cm³/mol. The van der Waals surface area contributed by atoms with Crippen molar-refractivity contribution in [3.05, 3.63) is 112 Å². The number of nitrogens with zero attached hydrogens (tertiary/aromatic N) is 4. The van der Waals surface area contributed by atoms with Crippen LogP contribution >= 0.6 is 11.8 Å². The Labute approximate surface area is 294 Å². The second-order valence-corrected chi connectivity index (χ2v) is 12.9. The van der Waals surface area contributed by atoms with Crippen LogP contribution in [0.15, 0.2) is 84.0 Å². The molecule has 2 aromatic heterocycles. The van der Waals surface area contributed by atoms with Crippen LogP contribution in [0.25, 0.3) is 17.3 Å². The lowest BCUT2D eigenvalue weighted by Crippen LogP contribution is -2.38. The minimum atomic E-state index is -0.468. The van der Waals surface area contributed by atoms with Crippen molar-refractivity contribution in [1.82, 2.24) is 30.9 Å². The second-order valence-electron chi connectivity index (χ2n) is 11.9. The number of hydrogen-bond donors (Lipinski definition) is 3. The van der Waals surface area contributed by atoms with Crippen LogP contribution in [0.3, 0.4) is 0 Å². The number of anilines is 1. The Morgan fingerprint density at radius 1 is 1.00 bits per heavy atom. The number of imide groups is 1. The number of nitrogens with one attached hydrogen (secondary N) is 3. The van der Waals surface area contributed by atoms with Gasteiger partial charge in [0.25, 0.3) is 17.1 Å². The third-order valence-electron chi connectivity index (χ3n) is 8.38. The molecule has 0 radical (unpaired) electrons. The van der Waals surface area contributed by atoms with Crippen LogP contribution in [-0.4, -0.2) is 64.2 Å². The molecular formula is C37H37N7O5S. The largest absolute Gasteiger partial charge is 0.462 e. The van der Waals surface area contributed by atoms with Gasteiger partial charge in [-0.25, -0.2) is 14.8 Å². The summed E-state index contributed by atoms with van der Waals surface area (Å²) in [5.74, 6) is -0.0655. The average molecular weight is 692 g/mol. The van der Waals surface area contributed by atoms with Crippen molar-refractivity contribution in [2.45, 2.75) is 32.9 Å². The molecule has 0 bridgehead atoms. The van der Waals surface area contributed by atoms with Gasteiger partial charge in [0, 0.05) is 49.7 Å². The van der Waals surface area contributed by atoms with Gasteiger partial charge in [0.05, 0.1) is 28.5 Å². The van der Waals surface area contributed by atoms with Crippen molar-refractivity contribution in [2.75, 3.05) is 31.1 Å². The summed E-state index contributed by atoms with van der Waals surface area (Å²) in [6.45, 7) is 5.28. The maximum atomic E-state index is 13.1. The molecule has 3 N–H and O–H groups in total. The minimum Gasteiger partial charge on any atom is -0.462 e. The van der Waals surface area contributed by atoms with Crippen molar-refractivity contribution < 1.29 is 23.9 Å². The molecule has 2 aliphatic rings. The zero-order valence-corrected chi connectivity index (χ0v) is 28.4. The van der Waals surface area contributed by atoms with Crippen molar-refractivity contribution in [3.8, 4) is 11.3 Å². The van der Waals surface area contributed by atoms with Crippen LogP contribution in [0.2, 0.25) is 0 Å². The lowest BCUT2D eigenvalue weighted by molar-refractivity contribution is -0.115. The number of ether oxygens (including phenoxy) is 1. The predicted octanol–water partition coefficient (Wildman–Crippen LogP) is 4.98. The highest BCUT2D eigenvalue weighted by atomic mass is 32.2. The third-order valence-corrected chi connectivity index (χ3v) is 9.19. The monoisotopic (exact) mass is 691 g/mol. The van der Waals surface area contributed by atoms with Crippen LogP contribution in [0.1, 0.15) is 57.3 Å². The number of carbonyl (C=O) groups is 4. The molecule has 4 heterocycles. The van der Waals surface area contributed by atoms with Gasteiger partial charge in [-0.05, 0) is 85.5 Å². The number of esters is 1. The standard InChI is InChI=1S/C37H37N7O5S/c1-2-49-35(47)30-17-26(23-40-32(30)27-9-6-10-28(18-27)33(45)41-22-24-7-4-3-5-8-24)21-38-20-25-12-15-44(16-13-25)36-39-14-11-29(42-36)19-31-34(46)43-37(48)50-31/h3-11,14,17-19,23,25,38H,2,12-13,15-16,20-22H2,1H3,(H,41,45)(H,43,46,48)/b31-19-. The molecule has 256 valence electrons. The Bertz CT molecular complexity index is 1910. The van der Waals surface area contributed by atoms with E-state index in [-0.39, 0.29) is 17.8 Å². The zero-order chi connectivity index (χ0) is 34.9. The van der Waals surface area contributed by atoms with E-state index in [0.717, 1.165) is 55.4 Å². The number of benzene rings is 2. The average Bonchev–Trinajstić information content (AvgIpc) is 3.46. The fraction of sp³-hybridized carbons (Fsp3) is 0.270. The molecule has 12 nitrogen and oxygen atoms in total. The topological polar surface area (TPSA) is 156 Å². The number of amides is 3. The lowest BCUT2D eigenvalue weighted by atomic mass is 9.97. The Morgan fingerprint density at radius 2 is 1.82 bits per heavy atom. The normalized spacial score (nSPS) is 15.6. The van der Waals surface area contributed by atoms with Gasteiger partial charge in [0.15, 0.2) is 0 Å². The van der Waals surface area contributed by atoms with E-state index in [2.05, 4.69) is 35.8 Å². The smallest absolute Gasteiger partial charge is 0.340 e. The summed E-state index contributed by atoms with van der Waals surface area (Å²) in [6, 6.07) is 20.3.